The molecule has 0 N–H and O–H groups in total. The molecule has 0 atom stereocenters. The first-order valence-corrected chi connectivity index (χ1v) is 7.94. The number of nitrogens with zero attached hydrogens (tertiary/aromatic N) is 4. The zero-order valence-corrected chi connectivity index (χ0v) is 13.6. The maximum Gasteiger partial charge on any atom is 0.282 e. The van der Waals surface area contributed by atoms with E-state index >= 15 is 0 Å². The van der Waals surface area contributed by atoms with Crippen LogP contribution >= 0.6 is 0 Å². The van der Waals surface area contributed by atoms with Crippen molar-refractivity contribution in [3.05, 3.63) is 94.8 Å². The zero-order chi connectivity index (χ0) is 17.9. The summed E-state index contributed by atoms with van der Waals surface area (Å²) in [7, 11) is 0. The van der Waals surface area contributed by atoms with Crippen LogP contribution in [0.25, 0.3) is 22.3 Å². The van der Waals surface area contributed by atoms with Gasteiger partial charge in [0.25, 0.3) is 5.56 Å². The molecule has 4 aromatic rings. The minimum Gasteiger partial charge on any atom is -0.267 e. The van der Waals surface area contributed by atoms with Gasteiger partial charge in [-0.25, -0.2) is 9.37 Å². The van der Waals surface area contributed by atoms with E-state index in [1.54, 1.807) is 48.8 Å². The summed E-state index contributed by atoms with van der Waals surface area (Å²) in [6.45, 7) is 0. The molecule has 0 bridgehead atoms. The summed E-state index contributed by atoms with van der Waals surface area (Å²) in [6, 6.07) is 16.5. The van der Waals surface area contributed by atoms with Gasteiger partial charge < -0.3 is 0 Å². The first-order chi connectivity index (χ1) is 12.7. The van der Waals surface area contributed by atoms with Crippen molar-refractivity contribution in [2.24, 2.45) is 5.10 Å². The quantitative estimate of drug-likeness (QED) is 0.535. The first-order valence-electron chi connectivity index (χ1n) is 7.94. The Balaban J connectivity index is 1.92. The van der Waals surface area contributed by atoms with Crippen molar-refractivity contribution in [1.82, 2.24) is 14.6 Å². The lowest BCUT2D eigenvalue weighted by molar-refractivity contribution is 0.628. The molecule has 2 aromatic carbocycles. The molecule has 6 heteroatoms. The predicted molar refractivity (Wildman–Crippen MR) is 98.6 cm³/mol. The molecule has 2 aromatic heterocycles. The largest absolute Gasteiger partial charge is 0.282 e. The van der Waals surface area contributed by atoms with Crippen LogP contribution in [-0.4, -0.2) is 20.9 Å². The SMILES string of the molecule is O=c1c2ccccc2nc(-c2cccnc2)n1/N=C/c1ccc(F)cc1. The number of pyridine rings is 1. The number of halogens is 1. The van der Waals surface area contributed by atoms with E-state index in [4.69, 9.17) is 0 Å². The van der Waals surface area contributed by atoms with Gasteiger partial charge in [-0.15, -0.1) is 0 Å². The second kappa shape index (κ2) is 6.68. The van der Waals surface area contributed by atoms with Gasteiger partial charge in [-0.05, 0) is 42.0 Å². The highest BCUT2D eigenvalue weighted by atomic mass is 19.1. The van der Waals surface area contributed by atoms with Gasteiger partial charge in [-0.2, -0.15) is 9.78 Å². The average molecular weight is 344 g/mol. The summed E-state index contributed by atoms with van der Waals surface area (Å²) in [5.74, 6) is 0.0582. The average Bonchev–Trinajstić information content (AvgIpc) is 2.69. The molecule has 5 nitrogen and oxygen atoms in total. The van der Waals surface area contributed by atoms with Crippen LogP contribution in [0.4, 0.5) is 4.39 Å². The summed E-state index contributed by atoms with van der Waals surface area (Å²) >= 11 is 0. The van der Waals surface area contributed by atoms with Gasteiger partial charge in [-0.3, -0.25) is 9.78 Å². The smallest absolute Gasteiger partial charge is 0.267 e. The molecule has 126 valence electrons. The lowest BCUT2D eigenvalue weighted by Gasteiger charge is -2.09. The van der Waals surface area contributed by atoms with E-state index in [1.807, 2.05) is 12.1 Å². The topological polar surface area (TPSA) is 60.1 Å². The Hall–Kier alpha value is -3.67. The van der Waals surface area contributed by atoms with E-state index in [2.05, 4.69) is 15.1 Å². The molecule has 0 aliphatic carbocycles. The van der Waals surface area contributed by atoms with Gasteiger partial charge in [0.15, 0.2) is 5.82 Å². The summed E-state index contributed by atoms with van der Waals surface area (Å²) in [5, 5.41) is 4.77. The normalized spacial score (nSPS) is 11.3. The Bertz CT molecular complexity index is 1150. The second-order valence-electron chi connectivity index (χ2n) is 5.61. The van der Waals surface area contributed by atoms with Crippen LogP contribution in [0.2, 0.25) is 0 Å². The maximum absolute atomic E-state index is 13.1. The second-order valence-corrected chi connectivity index (χ2v) is 5.61. The summed E-state index contributed by atoms with van der Waals surface area (Å²) in [4.78, 5) is 21.6. The number of para-hydroxylation sites is 1. The predicted octanol–water partition coefficient (Wildman–Crippen LogP) is 3.48. The lowest BCUT2D eigenvalue weighted by atomic mass is 10.2. The number of rotatable bonds is 3. The number of hydrogen-bond donors (Lipinski definition) is 0. The Morgan fingerprint density at radius 2 is 1.81 bits per heavy atom. The van der Waals surface area contributed by atoms with Crippen LogP contribution in [-0.2, 0) is 0 Å². The molecule has 0 unspecified atom stereocenters. The Kier molecular flexibility index (Phi) is 4.07. The highest BCUT2D eigenvalue weighted by molar-refractivity contribution is 5.81. The highest BCUT2D eigenvalue weighted by Crippen LogP contribution is 2.17. The minimum atomic E-state index is -0.331. The molecule has 0 amide bonds. The van der Waals surface area contributed by atoms with Gasteiger partial charge in [0.05, 0.1) is 17.1 Å². The van der Waals surface area contributed by atoms with E-state index in [0.717, 1.165) is 0 Å². The van der Waals surface area contributed by atoms with Crippen molar-refractivity contribution in [3.63, 3.8) is 0 Å². The highest BCUT2D eigenvalue weighted by Gasteiger charge is 2.12. The molecule has 0 aliphatic heterocycles. The molecule has 0 saturated carbocycles. The Morgan fingerprint density at radius 1 is 1.00 bits per heavy atom. The van der Waals surface area contributed by atoms with Crippen molar-refractivity contribution < 1.29 is 4.39 Å². The van der Waals surface area contributed by atoms with Crippen molar-refractivity contribution >= 4 is 17.1 Å². The number of hydrogen-bond acceptors (Lipinski definition) is 4. The van der Waals surface area contributed by atoms with Crippen LogP contribution in [0.1, 0.15) is 5.56 Å². The molecule has 0 radical (unpaired) electrons. The maximum atomic E-state index is 13.1. The molecule has 0 fully saturated rings. The zero-order valence-electron chi connectivity index (χ0n) is 13.6. The van der Waals surface area contributed by atoms with Gasteiger partial charge in [0, 0.05) is 18.0 Å². The van der Waals surface area contributed by atoms with Crippen LogP contribution in [0.5, 0.6) is 0 Å². The molecule has 0 spiro atoms. The van der Waals surface area contributed by atoms with Gasteiger partial charge >= 0.3 is 0 Å². The molecule has 2 heterocycles. The van der Waals surface area contributed by atoms with Crippen LogP contribution in [0, 0.1) is 5.82 Å². The fourth-order valence-electron chi connectivity index (χ4n) is 2.59. The summed E-state index contributed by atoms with van der Waals surface area (Å²) in [5.41, 5.74) is 1.65. The van der Waals surface area contributed by atoms with Crippen LogP contribution < -0.4 is 5.56 Å². The molecule has 4 rings (SSSR count). The Labute approximate surface area is 148 Å². The molecule has 0 aliphatic rings. The van der Waals surface area contributed by atoms with Crippen molar-refractivity contribution in [2.45, 2.75) is 0 Å². The van der Waals surface area contributed by atoms with E-state index in [-0.39, 0.29) is 11.4 Å². The van der Waals surface area contributed by atoms with Crippen LogP contribution in [0.15, 0.2) is 83.0 Å². The van der Waals surface area contributed by atoms with Crippen molar-refractivity contribution in [1.29, 1.82) is 0 Å². The van der Waals surface area contributed by atoms with E-state index in [0.29, 0.717) is 27.9 Å². The van der Waals surface area contributed by atoms with Gasteiger partial charge in [-0.1, -0.05) is 24.3 Å². The fraction of sp³-hybridized carbons (Fsp3) is 0. The molecule has 26 heavy (non-hydrogen) atoms. The minimum absolute atomic E-state index is 0.284. The monoisotopic (exact) mass is 344 g/mol. The van der Waals surface area contributed by atoms with E-state index < -0.39 is 0 Å². The van der Waals surface area contributed by atoms with Crippen molar-refractivity contribution in [2.75, 3.05) is 0 Å². The number of fused-ring (bicyclic) bond motifs is 1. The number of benzene rings is 2. The summed E-state index contributed by atoms with van der Waals surface area (Å²) in [6.07, 6.45) is 4.77. The molecular weight excluding hydrogens is 331 g/mol. The standard InChI is InChI=1S/C20H13FN4O/c21-16-9-7-14(8-10-16)12-23-25-19(15-4-3-11-22-13-15)24-18-6-2-1-5-17(18)20(25)26/h1-13H/b23-12+. The Morgan fingerprint density at radius 3 is 2.58 bits per heavy atom. The van der Waals surface area contributed by atoms with Crippen molar-refractivity contribution in [3.8, 4) is 11.4 Å². The third-order valence-corrected chi connectivity index (χ3v) is 3.87. The van der Waals surface area contributed by atoms with E-state index in [1.165, 1.54) is 23.0 Å². The number of aromatic nitrogens is 3. The lowest BCUT2D eigenvalue weighted by Crippen LogP contribution is -2.20. The van der Waals surface area contributed by atoms with E-state index in [9.17, 15) is 9.18 Å². The van der Waals surface area contributed by atoms with Gasteiger partial charge in [0.2, 0.25) is 0 Å². The summed E-state index contributed by atoms with van der Waals surface area (Å²) < 4.78 is 14.3. The van der Waals surface area contributed by atoms with Gasteiger partial charge in [0.1, 0.15) is 5.82 Å². The first kappa shape index (κ1) is 15.8. The third kappa shape index (κ3) is 3.00. The molecule has 0 saturated heterocycles. The van der Waals surface area contributed by atoms with Crippen LogP contribution in [0.3, 0.4) is 0 Å². The third-order valence-electron chi connectivity index (χ3n) is 3.87. The fourth-order valence-corrected chi connectivity index (χ4v) is 2.59. The molecular formula is C20H13FN4O.